The van der Waals surface area contributed by atoms with Crippen molar-refractivity contribution in [2.24, 2.45) is 11.8 Å². The lowest BCUT2D eigenvalue weighted by atomic mass is 9.93. The molecule has 0 aliphatic heterocycles. The quantitative estimate of drug-likeness (QED) is 0.171. The van der Waals surface area contributed by atoms with E-state index >= 15 is 0 Å². The van der Waals surface area contributed by atoms with Gasteiger partial charge in [-0.3, -0.25) is 0 Å². The molecule has 0 saturated carbocycles. The van der Waals surface area contributed by atoms with Crippen LogP contribution in [0.25, 0.3) is 0 Å². The van der Waals surface area contributed by atoms with E-state index in [2.05, 4.69) is 27.4 Å². The minimum absolute atomic E-state index is 0.260. The molecule has 2 heteroatoms. The highest BCUT2D eigenvalue weighted by Gasteiger charge is 2.11. The smallest absolute Gasteiger partial charge is 0.333 e. The van der Waals surface area contributed by atoms with Crippen LogP contribution in [0.1, 0.15) is 105 Å². The van der Waals surface area contributed by atoms with E-state index in [4.69, 9.17) is 4.74 Å². The number of ether oxygens (including phenoxy) is 1. The van der Waals surface area contributed by atoms with E-state index in [1.165, 1.54) is 70.6 Å². The maximum atomic E-state index is 11.4. The van der Waals surface area contributed by atoms with Crippen molar-refractivity contribution in [1.82, 2.24) is 0 Å². The van der Waals surface area contributed by atoms with Gasteiger partial charge in [-0.25, -0.2) is 4.79 Å². The Morgan fingerprint density at radius 2 is 1.38 bits per heavy atom. The van der Waals surface area contributed by atoms with Crippen molar-refractivity contribution in [3.05, 3.63) is 12.2 Å². The predicted octanol–water partition coefficient (Wildman–Crippen LogP) is 7.08. The summed E-state index contributed by atoms with van der Waals surface area (Å²) in [5, 5.41) is 0. The Labute approximate surface area is 151 Å². The average Bonchev–Trinajstić information content (AvgIpc) is 2.54. The van der Waals surface area contributed by atoms with Gasteiger partial charge in [0, 0.05) is 5.57 Å². The molecule has 0 aliphatic carbocycles. The lowest BCUT2D eigenvalue weighted by molar-refractivity contribution is -0.140. The van der Waals surface area contributed by atoms with Crippen molar-refractivity contribution in [1.29, 1.82) is 0 Å². The normalized spacial score (nSPS) is 13.5. The van der Waals surface area contributed by atoms with E-state index in [-0.39, 0.29) is 5.97 Å². The van der Waals surface area contributed by atoms with Crippen LogP contribution in [0.3, 0.4) is 0 Å². The monoisotopic (exact) mass is 338 g/mol. The lowest BCUT2D eigenvalue weighted by Crippen LogP contribution is -2.14. The third-order valence-electron chi connectivity index (χ3n) is 4.70. The van der Waals surface area contributed by atoms with E-state index in [1.807, 2.05) is 0 Å². The second kappa shape index (κ2) is 15.7. The molecule has 0 aliphatic rings. The zero-order valence-electron chi connectivity index (χ0n) is 16.9. The summed E-state index contributed by atoms with van der Waals surface area (Å²) < 4.78 is 5.23. The number of unbranched alkanes of at least 4 members (excludes halogenated alkanes) is 9. The molecule has 2 unspecified atom stereocenters. The molecular formula is C22H42O2. The van der Waals surface area contributed by atoms with Crippen molar-refractivity contribution in [2.45, 2.75) is 105 Å². The van der Waals surface area contributed by atoms with Gasteiger partial charge in [-0.15, -0.1) is 0 Å². The van der Waals surface area contributed by atoms with Crippen molar-refractivity contribution in [3.8, 4) is 0 Å². The Bertz CT molecular complexity index is 322. The summed E-state index contributed by atoms with van der Waals surface area (Å²) in [7, 11) is 0. The van der Waals surface area contributed by atoms with Crippen LogP contribution >= 0.6 is 0 Å². The maximum Gasteiger partial charge on any atom is 0.333 e. The van der Waals surface area contributed by atoms with Gasteiger partial charge in [0.1, 0.15) is 0 Å². The summed E-state index contributed by atoms with van der Waals surface area (Å²) >= 11 is 0. The highest BCUT2D eigenvalue weighted by atomic mass is 16.5. The highest BCUT2D eigenvalue weighted by molar-refractivity contribution is 5.86. The second-order valence-electron chi connectivity index (χ2n) is 7.80. The zero-order valence-corrected chi connectivity index (χ0v) is 16.9. The first-order chi connectivity index (χ1) is 11.5. The van der Waals surface area contributed by atoms with E-state index in [0.717, 1.165) is 12.3 Å². The van der Waals surface area contributed by atoms with Crippen LogP contribution in [0.4, 0.5) is 0 Å². The molecule has 2 atom stereocenters. The summed E-state index contributed by atoms with van der Waals surface area (Å²) in [6, 6.07) is 0. The number of esters is 1. The van der Waals surface area contributed by atoms with Gasteiger partial charge in [0.15, 0.2) is 0 Å². The second-order valence-corrected chi connectivity index (χ2v) is 7.80. The molecule has 0 heterocycles. The Kier molecular flexibility index (Phi) is 15.2. The average molecular weight is 339 g/mol. The molecule has 0 aromatic heterocycles. The van der Waals surface area contributed by atoms with Crippen molar-refractivity contribution in [2.75, 3.05) is 6.61 Å². The molecule has 0 bridgehead atoms. The molecule has 0 amide bonds. The van der Waals surface area contributed by atoms with Gasteiger partial charge in [-0.05, 0) is 25.2 Å². The molecule has 2 nitrogen and oxygen atoms in total. The zero-order chi connectivity index (χ0) is 18.2. The standard InChI is InChI=1S/C22H42O2/c1-6-7-8-9-10-11-12-13-14-15-16-20(4)17-21(5)18-24-22(23)19(2)3/h20-21H,2,6-18H2,1,3-5H3. The molecular weight excluding hydrogens is 296 g/mol. The Morgan fingerprint density at radius 3 is 1.88 bits per heavy atom. The largest absolute Gasteiger partial charge is 0.462 e. The van der Waals surface area contributed by atoms with Crippen molar-refractivity contribution in [3.63, 3.8) is 0 Å². The van der Waals surface area contributed by atoms with E-state index in [9.17, 15) is 4.79 Å². The van der Waals surface area contributed by atoms with Gasteiger partial charge >= 0.3 is 5.97 Å². The fraction of sp³-hybridized carbons (Fsp3) is 0.864. The van der Waals surface area contributed by atoms with E-state index in [1.54, 1.807) is 6.92 Å². The predicted molar refractivity (Wildman–Crippen MR) is 105 cm³/mol. The van der Waals surface area contributed by atoms with Gasteiger partial charge in [0.25, 0.3) is 0 Å². The van der Waals surface area contributed by atoms with Crippen LogP contribution < -0.4 is 0 Å². The van der Waals surface area contributed by atoms with Crippen LogP contribution in [-0.4, -0.2) is 12.6 Å². The number of hydrogen-bond donors (Lipinski definition) is 0. The van der Waals surface area contributed by atoms with Gasteiger partial charge in [-0.2, -0.15) is 0 Å². The summed E-state index contributed by atoms with van der Waals surface area (Å²) in [5.41, 5.74) is 0.487. The summed E-state index contributed by atoms with van der Waals surface area (Å²) in [4.78, 5) is 11.4. The first-order valence-electron chi connectivity index (χ1n) is 10.3. The van der Waals surface area contributed by atoms with Crippen LogP contribution in [0.15, 0.2) is 12.2 Å². The van der Waals surface area contributed by atoms with Crippen LogP contribution in [0.5, 0.6) is 0 Å². The molecule has 0 saturated heterocycles. The fourth-order valence-electron chi connectivity index (χ4n) is 3.19. The molecule has 0 radical (unpaired) electrons. The Balaban J connectivity index is 3.44. The number of rotatable bonds is 16. The van der Waals surface area contributed by atoms with Crippen molar-refractivity contribution >= 4 is 5.97 Å². The van der Waals surface area contributed by atoms with Crippen LogP contribution in [0, 0.1) is 11.8 Å². The lowest BCUT2D eigenvalue weighted by Gasteiger charge is -2.17. The Hall–Kier alpha value is -0.790. The highest BCUT2D eigenvalue weighted by Crippen LogP contribution is 2.19. The molecule has 0 aromatic carbocycles. The van der Waals surface area contributed by atoms with E-state index in [0.29, 0.717) is 18.1 Å². The SMILES string of the molecule is C=C(C)C(=O)OCC(C)CC(C)CCCCCCCCCCCC. The van der Waals surface area contributed by atoms with E-state index < -0.39 is 0 Å². The number of hydrogen-bond acceptors (Lipinski definition) is 2. The van der Waals surface area contributed by atoms with Crippen molar-refractivity contribution < 1.29 is 9.53 Å². The molecule has 0 rings (SSSR count). The topological polar surface area (TPSA) is 26.3 Å². The first-order valence-corrected chi connectivity index (χ1v) is 10.3. The Morgan fingerprint density at radius 1 is 0.875 bits per heavy atom. The molecule has 0 spiro atoms. The third-order valence-corrected chi connectivity index (χ3v) is 4.70. The molecule has 0 N–H and O–H groups in total. The van der Waals surface area contributed by atoms with Gasteiger partial charge in [0.2, 0.25) is 0 Å². The molecule has 24 heavy (non-hydrogen) atoms. The van der Waals surface area contributed by atoms with Crippen LogP contribution in [0.2, 0.25) is 0 Å². The molecule has 0 aromatic rings. The van der Waals surface area contributed by atoms with Gasteiger partial charge < -0.3 is 4.74 Å². The fourth-order valence-corrected chi connectivity index (χ4v) is 3.19. The minimum Gasteiger partial charge on any atom is -0.462 e. The van der Waals surface area contributed by atoms with Crippen LogP contribution in [-0.2, 0) is 9.53 Å². The third kappa shape index (κ3) is 14.8. The molecule has 142 valence electrons. The molecule has 0 fully saturated rings. The summed E-state index contributed by atoms with van der Waals surface area (Å²) in [5.74, 6) is 0.896. The van der Waals surface area contributed by atoms with Gasteiger partial charge in [0.05, 0.1) is 6.61 Å². The summed E-state index contributed by atoms with van der Waals surface area (Å²) in [6.45, 7) is 12.6. The summed E-state index contributed by atoms with van der Waals surface area (Å²) in [6.07, 6.45) is 16.4. The van der Waals surface area contributed by atoms with Gasteiger partial charge in [-0.1, -0.05) is 98.0 Å². The number of carbonyl (C=O) groups is 1. The maximum absolute atomic E-state index is 11.4. The first kappa shape index (κ1) is 23.2. The number of carbonyl (C=O) groups excluding carboxylic acids is 1. The minimum atomic E-state index is -0.260.